The Morgan fingerprint density at radius 2 is 2.17 bits per heavy atom. The third-order valence-corrected chi connectivity index (χ3v) is 6.66. The first kappa shape index (κ1) is 21.8. The number of rotatable bonds is 8. The number of aryl methyl sites for hydroxylation is 1. The van der Waals surface area contributed by atoms with Crippen LogP contribution >= 0.6 is 0 Å². The van der Waals surface area contributed by atoms with E-state index in [0.717, 1.165) is 4.31 Å². The molecule has 162 valence electrons. The highest BCUT2D eigenvalue weighted by molar-refractivity contribution is 7.89. The Balaban J connectivity index is 1.65. The van der Waals surface area contributed by atoms with Crippen molar-refractivity contribution in [3.63, 3.8) is 0 Å². The molecule has 0 aromatic carbocycles. The second-order valence-corrected chi connectivity index (χ2v) is 8.92. The van der Waals surface area contributed by atoms with Gasteiger partial charge in [0.2, 0.25) is 10.0 Å². The van der Waals surface area contributed by atoms with Crippen LogP contribution in [0.3, 0.4) is 0 Å². The van der Waals surface area contributed by atoms with Gasteiger partial charge in [0.1, 0.15) is 6.04 Å². The Labute approximate surface area is 170 Å². The van der Waals surface area contributed by atoms with E-state index < -0.39 is 22.0 Å². The molecule has 2 fully saturated rings. The number of esters is 1. The summed E-state index contributed by atoms with van der Waals surface area (Å²) in [5.74, 6) is -0.693. The minimum Gasteiger partial charge on any atom is -0.468 e. The molecule has 29 heavy (non-hydrogen) atoms. The van der Waals surface area contributed by atoms with Crippen LogP contribution in [0.2, 0.25) is 0 Å². The highest BCUT2D eigenvalue weighted by atomic mass is 32.2. The van der Waals surface area contributed by atoms with Crippen molar-refractivity contribution in [3.05, 3.63) is 24.5 Å². The smallest absolute Gasteiger partial charge is 0.325 e. The number of ether oxygens (including phenoxy) is 3. The van der Waals surface area contributed by atoms with Crippen LogP contribution < -0.4 is 0 Å². The number of carbonyl (C=O) groups is 1. The molecule has 0 radical (unpaired) electrons. The molecule has 0 N–H and O–H groups in total. The van der Waals surface area contributed by atoms with E-state index >= 15 is 0 Å². The quantitative estimate of drug-likeness (QED) is 0.387. The van der Waals surface area contributed by atoms with Gasteiger partial charge in [0.25, 0.3) is 0 Å². The minimum atomic E-state index is -3.61. The van der Waals surface area contributed by atoms with Gasteiger partial charge in [-0.05, 0) is 0 Å². The molecule has 0 aliphatic carbocycles. The summed E-state index contributed by atoms with van der Waals surface area (Å²) in [5, 5.41) is 8.27. The summed E-state index contributed by atoms with van der Waals surface area (Å²) >= 11 is 0. The van der Waals surface area contributed by atoms with E-state index in [1.807, 2.05) is 11.1 Å². The molecule has 3 heterocycles. The van der Waals surface area contributed by atoms with Crippen molar-refractivity contribution in [1.82, 2.24) is 24.2 Å². The molecule has 2 saturated heterocycles. The Morgan fingerprint density at radius 3 is 2.86 bits per heavy atom. The molecule has 1 unspecified atom stereocenters. The van der Waals surface area contributed by atoms with Crippen LogP contribution in [-0.4, -0.2) is 96.6 Å². The van der Waals surface area contributed by atoms with Gasteiger partial charge in [0.05, 0.1) is 31.8 Å². The standard InChI is InChI=1S/C17H27N5O6S/c1-3-5-22-15(17(23)26-2)13-20(7-10-29(22,24)25)11-14-12-21(19-18-14)6-4-16-27-8-9-28-16/h3,12,15-16H,1,4-11,13H2,2H3. The van der Waals surface area contributed by atoms with Crippen molar-refractivity contribution in [2.45, 2.75) is 31.8 Å². The molecule has 2 aliphatic heterocycles. The maximum absolute atomic E-state index is 12.6. The van der Waals surface area contributed by atoms with E-state index in [0.29, 0.717) is 38.4 Å². The first-order chi connectivity index (χ1) is 13.9. The fraction of sp³-hybridized carbons (Fsp3) is 0.706. The van der Waals surface area contributed by atoms with Gasteiger partial charge in [-0.1, -0.05) is 11.3 Å². The van der Waals surface area contributed by atoms with Crippen LogP contribution in [0, 0.1) is 0 Å². The fourth-order valence-electron chi connectivity index (χ4n) is 3.38. The van der Waals surface area contributed by atoms with Crippen LogP contribution in [0.4, 0.5) is 0 Å². The maximum Gasteiger partial charge on any atom is 0.325 e. The van der Waals surface area contributed by atoms with E-state index in [-0.39, 0.29) is 31.7 Å². The average molecular weight is 429 g/mol. The van der Waals surface area contributed by atoms with Gasteiger partial charge < -0.3 is 14.2 Å². The van der Waals surface area contributed by atoms with E-state index in [1.54, 1.807) is 4.68 Å². The molecule has 12 heteroatoms. The van der Waals surface area contributed by atoms with Gasteiger partial charge >= 0.3 is 5.97 Å². The van der Waals surface area contributed by atoms with Crippen molar-refractivity contribution >= 4 is 16.0 Å². The second-order valence-electron chi connectivity index (χ2n) is 6.88. The van der Waals surface area contributed by atoms with Crippen molar-refractivity contribution in [2.24, 2.45) is 0 Å². The van der Waals surface area contributed by atoms with Gasteiger partial charge in [0, 0.05) is 45.3 Å². The van der Waals surface area contributed by atoms with Crippen molar-refractivity contribution in [3.8, 4) is 0 Å². The Hall–Kier alpha value is -1.86. The van der Waals surface area contributed by atoms with Gasteiger partial charge in [0.15, 0.2) is 6.29 Å². The molecule has 0 saturated carbocycles. The third-order valence-electron chi connectivity index (χ3n) is 4.84. The van der Waals surface area contributed by atoms with Crippen LogP contribution in [0.15, 0.2) is 18.9 Å². The molecule has 0 spiro atoms. The minimum absolute atomic E-state index is 0.0530. The van der Waals surface area contributed by atoms with Crippen molar-refractivity contribution in [2.75, 3.05) is 45.7 Å². The molecule has 2 aliphatic rings. The lowest BCUT2D eigenvalue weighted by Crippen LogP contribution is -2.48. The van der Waals surface area contributed by atoms with E-state index in [9.17, 15) is 13.2 Å². The molecule has 1 aromatic heterocycles. The first-order valence-corrected chi connectivity index (χ1v) is 11.1. The van der Waals surface area contributed by atoms with Crippen LogP contribution in [-0.2, 0) is 42.1 Å². The first-order valence-electron chi connectivity index (χ1n) is 9.45. The van der Waals surface area contributed by atoms with Crippen LogP contribution in [0.1, 0.15) is 12.1 Å². The summed E-state index contributed by atoms with van der Waals surface area (Å²) in [5.41, 5.74) is 0.691. The number of methoxy groups -OCH3 is 1. The van der Waals surface area contributed by atoms with E-state index in [2.05, 4.69) is 16.9 Å². The predicted molar refractivity (Wildman–Crippen MR) is 102 cm³/mol. The van der Waals surface area contributed by atoms with Crippen molar-refractivity contribution in [1.29, 1.82) is 0 Å². The lowest BCUT2D eigenvalue weighted by molar-refractivity contribution is -0.145. The van der Waals surface area contributed by atoms with Crippen LogP contribution in [0.5, 0.6) is 0 Å². The Bertz CT molecular complexity index is 807. The van der Waals surface area contributed by atoms with Gasteiger partial charge in [-0.15, -0.1) is 11.7 Å². The van der Waals surface area contributed by atoms with Gasteiger partial charge in [-0.2, -0.15) is 4.31 Å². The molecule has 1 aromatic rings. The average Bonchev–Trinajstić information content (AvgIpc) is 3.35. The predicted octanol–water partition coefficient (Wildman–Crippen LogP) is -0.784. The molecule has 3 rings (SSSR count). The fourth-order valence-corrected chi connectivity index (χ4v) is 4.98. The molecule has 0 amide bonds. The zero-order valence-corrected chi connectivity index (χ0v) is 17.3. The normalized spacial score (nSPS) is 23.7. The topological polar surface area (TPSA) is 116 Å². The number of hydrogen-bond donors (Lipinski definition) is 0. The number of carbonyl (C=O) groups excluding carboxylic acids is 1. The monoisotopic (exact) mass is 429 g/mol. The molecular formula is C17H27N5O6S. The summed E-state index contributed by atoms with van der Waals surface area (Å²) < 4.78 is 43.8. The SMILES string of the molecule is C=CCN1C(C(=O)OC)CN(Cc2cn(CCC3OCCO3)nn2)CCS1(=O)=O. The summed E-state index contributed by atoms with van der Waals surface area (Å²) in [7, 11) is -2.36. The lowest BCUT2D eigenvalue weighted by Gasteiger charge is -2.27. The Morgan fingerprint density at radius 1 is 1.41 bits per heavy atom. The maximum atomic E-state index is 12.6. The van der Waals surface area contributed by atoms with Crippen LogP contribution in [0.25, 0.3) is 0 Å². The zero-order chi connectivity index (χ0) is 20.9. The summed E-state index contributed by atoms with van der Waals surface area (Å²) in [6.45, 7) is 6.32. The lowest BCUT2D eigenvalue weighted by atomic mass is 10.2. The van der Waals surface area contributed by atoms with Crippen molar-refractivity contribution < 1.29 is 27.4 Å². The number of hydrogen-bond acceptors (Lipinski definition) is 9. The molecule has 0 bridgehead atoms. The van der Waals surface area contributed by atoms with E-state index in [1.165, 1.54) is 13.2 Å². The number of aromatic nitrogens is 3. The highest BCUT2D eigenvalue weighted by Crippen LogP contribution is 2.18. The molecular weight excluding hydrogens is 402 g/mol. The highest BCUT2D eigenvalue weighted by Gasteiger charge is 2.39. The molecule has 1 atom stereocenters. The molecule has 11 nitrogen and oxygen atoms in total. The van der Waals surface area contributed by atoms with Gasteiger partial charge in [-0.3, -0.25) is 14.4 Å². The van der Waals surface area contributed by atoms with E-state index in [4.69, 9.17) is 14.2 Å². The summed E-state index contributed by atoms with van der Waals surface area (Å²) in [4.78, 5) is 14.1. The van der Waals surface area contributed by atoms with Gasteiger partial charge in [-0.25, -0.2) is 8.42 Å². The summed E-state index contributed by atoms with van der Waals surface area (Å²) in [6.07, 6.45) is 3.73. The largest absolute Gasteiger partial charge is 0.468 e. The second kappa shape index (κ2) is 9.76. The third kappa shape index (κ3) is 5.60. The number of sulfonamides is 1. The zero-order valence-electron chi connectivity index (χ0n) is 16.5. The number of nitrogens with zero attached hydrogens (tertiary/aromatic N) is 5. The Kier molecular flexibility index (Phi) is 7.35. The summed E-state index contributed by atoms with van der Waals surface area (Å²) in [6, 6.07) is -0.933.